The first kappa shape index (κ1) is 31.3. The third-order valence-electron chi connectivity index (χ3n) is 8.45. The lowest BCUT2D eigenvalue weighted by Gasteiger charge is -2.46. The monoisotopic (exact) mass is 648 g/mol. The van der Waals surface area contributed by atoms with Gasteiger partial charge in [0, 0.05) is 28.2 Å². The van der Waals surface area contributed by atoms with E-state index in [4.69, 9.17) is 0 Å². The van der Waals surface area contributed by atoms with Crippen LogP contribution in [0, 0.1) is 0 Å². The van der Waals surface area contributed by atoms with Crippen molar-refractivity contribution in [2.24, 2.45) is 14.1 Å². The van der Waals surface area contributed by atoms with Gasteiger partial charge in [0.2, 0.25) is 5.91 Å². The fourth-order valence-corrected chi connectivity index (χ4v) is 11.7. The maximum atomic E-state index is 14.6. The number of carbonyl (C=O) groups excluding carboxylic acids is 2. The highest BCUT2D eigenvalue weighted by Gasteiger charge is 2.51. The molecule has 5 aromatic rings. The molecule has 0 spiro atoms. The molecule has 1 aromatic heterocycles. The molecule has 3 amide bonds. The van der Waals surface area contributed by atoms with Crippen LogP contribution in [0.15, 0.2) is 131 Å². The molecule has 2 atom stereocenters. The average Bonchev–Trinajstić information content (AvgIpc) is 3.10. The number of amides is 3. The van der Waals surface area contributed by atoms with E-state index in [0.29, 0.717) is 11.0 Å². The van der Waals surface area contributed by atoms with Gasteiger partial charge in [0.25, 0.3) is 5.56 Å². The fraction of sp³-hybridized carbons (Fsp3) is 0.167. The van der Waals surface area contributed by atoms with Gasteiger partial charge in [-0.05, 0) is 37.1 Å². The number of urea groups is 1. The Morgan fingerprint density at radius 3 is 1.39 bits per heavy atom. The standard InChI is InChI=1S/C36H34N4O4P2/c1-37-29(31(33(41)39(3)35(37)43)45(25-17-9-5-10-18-25)26-19-11-6-12-20-26)30-32(34(42)40(4)36(44)38(30)2)46(27-21-13-7-14-22-27)28-23-15-8-16-24-28/h5-24,29,31H,1-4H3/t29-,31-/m1/s1. The topological polar surface area (TPSA) is 84.6 Å². The lowest BCUT2D eigenvalue weighted by atomic mass is 10.0. The quantitative estimate of drug-likeness (QED) is 0.254. The van der Waals surface area contributed by atoms with E-state index in [2.05, 4.69) is 0 Å². The zero-order chi connectivity index (χ0) is 32.5. The van der Waals surface area contributed by atoms with Crippen molar-refractivity contribution >= 4 is 54.3 Å². The van der Waals surface area contributed by atoms with E-state index >= 15 is 0 Å². The molecular weight excluding hydrogens is 614 g/mol. The molecule has 6 rings (SSSR count). The smallest absolute Gasteiger partial charge is 0.318 e. The van der Waals surface area contributed by atoms with Crippen molar-refractivity contribution in [1.82, 2.24) is 18.9 Å². The number of hydrogen-bond acceptors (Lipinski definition) is 4. The number of imide groups is 1. The molecule has 46 heavy (non-hydrogen) atoms. The first-order valence-corrected chi connectivity index (χ1v) is 17.6. The minimum atomic E-state index is -1.51. The van der Waals surface area contributed by atoms with Crippen LogP contribution < -0.4 is 37.8 Å². The molecule has 1 aliphatic heterocycles. The summed E-state index contributed by atoms with van der Waals surface area (Å²) in [6.07, 6.45) is 0. The number of nitrogens with zero attached hydrogens (tertiary/aromatic N) is 4. The molecular formula is C36H34N4O4P2. The Labute approximate surface area is 270 Å². The first-order valence-electron chi connectivity index (χ1n) is 14.9. The lowest BCUT2D eigenvalue weighted by molar-refractivity contribution is -0.130. The number of hydrogen-bond donors (Lipinski definition) is 0. The van der Waals surface area contributed by atoms with Crippen LogP contribution in [0.4, 0.5) is 4.79 Å². The summed E-state index contributed by atoms with van der Waals surface area (Å²) in [5.74, 6) is -0.352. The van der Waals surface area contributed by atoms with Gasteiger partial charge < -0.3 is 4.90 Å². The van der Waals surface area contributed by atoms with E-state index in [-0.39, 0.29) is 5.91 Å². The Morgan fingerprint density at radius 2 is 0.957 bits per heavy atom. The normalized spacial score (nSPS) is 16.8. The third-order valence-corrected chi connectivity index (χ3v) is 13.7. The molecule has 10 heteroatoms. The van der Waals surface area contributed by atoms with Crippen LogP contribution in [0.25, 0.3) is 0 Å². The van der Waals surface area contributed by atoms with Crippen LogP contribution in [0.1, 0.15) is 11.7 Å². The Hall–Kier alpha value is -4.64. The van der Waals surface area contributed by atoms with Crippen molar-refractivity contribution in [3.05, 3.63) is 148 Å². The summed E-state index contributed by atoms with van der Waals surface area (Å²) in [6, 6.07) is 37.8. The number of carbonyl (C=O) groups is 2. The molecule has 1 aliphatic rings. The van der Waals surface area contributed by atoms with E-state index in [1.807, 2.05) is 121 Å². The molecule has 232 valence electrons. The van der Waals surface area contributed by atoms with Crippen LogP contribution >= 0.6 is 15.8 Å². The van der Waals surface area contributed by atoms with Gasteiger partial charge in [-0.25, -0.2) is 9.59 Å². The minimum absolute atomic E-state index is 0.352. The first-order chi connectivity index (χ1) is 22.2. The average molecular weight is 649 g/mol. The highest BCUT2D eigenvalue weighted by Crippen LogP contribution is 2.50. The van der Waals surface area contributed by atoms with Gasteiger partial charge in [0.15, 0.2) is 0 Å². The van der Waals surface area contributed by atoms with Crippen LogP contribution in [0.2, 0.25) is 0 Å². The van der Waals surface area contributed by atoms with Crippen LogP contribution in [-0.4, -0.2) is 50.6 Å². The number of aromatic nitrogens is 2. The van der Waals surface area contributed by atoms with Gasteiger partial charge in [0.05, 0.1) is 22.7 Å². The Bertz CT molecular complexity index is 1920. The summed E-state index contributed by atoms with van der Waals surface area (Å²) >= 11 is 0. The van der Waals surface area contributed by atoms with Gasteiger partial charge in [-0.15, -0.1) is 0 Å². The predicted molar refractivity (Wildman–Crippen MR) is 187 cm³/mol. The molecule has 0 unspecified atom stereocenters. The highest BCUT2D eigenvalue weighted by molar-refractivity contribution is 7.80. The fourth-order valence-electron chi connectivity index (χ4n) is 6.18. The molecule has 0 N–H and O–H groups in total. The van der Waals surface area contributed by atoms with Crippen molar-refractivity contribution in [3.63, 3.8) is 0 Å². The summed E-state index contributed by atoms with van der Waals surface area (Å²) in [5, 5.41) is 4.15. The SMILES string of the molecule is CN1C(=O)[C@H](P(c2ccccc2)c2ccccc2)[C@@H](c2c(P(c3ccccc3)c3ccccc3)c(=O)n(C)c(=O)n2C)N(C)C1=O. The maximum Gasteiger partial charge on any atom is 0.330 e. The second-order valence-electron chi connectivity index (χ2n) is 11.2. The van der Waals surface area contributed by atoms with Crippen molar-refractivity contribution < 1.29 is 9.59 Å². The lowest BCUT2D eigenvalue weighted by Crippen LogP contribution is -2.61. The number of benzene rings is 4. The van der Waals surface area contributed by atoms with Crippen molar-refractivity contribution in [2.75, 3.05) is 14.1 Å². The van der Waals surface area contributed by atoms with E-state index < -0.39 is 44.8 Å². The summed E-state index contributed by atoms with van der Waals surface area (Å²) in [6.45, 7) is 0. The molecule has 0 aliphatic carbocycles. The second kappa shape index (κ2) is 13.0. The second-order valence-corrected chi connectivity index (χ2v) is 15.6. The number of rotatable bonds is 7. The Balaban J connectivity index is 1.72. The molecule has 4 aromatic carbocycles. The van der Waals surface area contributed by atoms with Gasteiger partial charge in [-0.1, -0.05) is 121 Å². The minimum Gasteiger partial charge on any atom is -0.318 e. The van der Waals surface area contributed by atoms with E-state index in [1.54, 1.807) is 14.1 Å². The molecule has 0 bridgehead atoms. The van der Waals surface area contributed by atoms with Crippen molar-refractivity contribution in [3.8, 4) is 0 Å². The largest absolute Gasteiger partial charge is 0.330 e. The van der Waals surface area contributed by atoms with Crippen LogP contribution in [-0.2, 0) is 18.9 Å². The molecule has 1 saturated heterocycles. The zero-order valence-corrected chi connectivity index (χ0v) is 27.8. The van der Waals surface area contributed by atoms with Crippen molar-refractivity contribution in [2.45, 2.75) is 11.7 Å². The van der Waals surface area contributed by atoms with Crippen LogP contribution in [0.5, 0.6) is 0 Å². The van der Waals surface area contributed by atoms with Gasteiger partial charge in [-0.2, -0.15) is 0 Å². The molecule has 2 heterocycles. The van der Waals surface area contributed by atoms with Gasteiger partial charge in [0.1, 0.15) is 0 Å². The third kappa shape index (κ3) is 5.42. The summed E-state index contributed by atoms with van der Waals surface area (Å²) in [7, 11) is 3.34. The predicted octanol–water partition coefficient (Wildman–Crippen LogP) is 2.91. The Kier molecular flexibility index (Phi) is 8.86. The van der Waals surface area contributed by atoms with Gasteiger partial charge in [-0.3, -0.25) is 23.6 Å². The summed E-state index contributed by atoms with van der Waals surface area (Å²) in [4.78, 5) is 59.4. The van der Waals surface area contributed by atoms with E-state index in [9.17, 15) is 19.2 Å². The van der Waals surface area contributed by atoms with Gasteiger partial charge >= 0.3 is 11.7 Å². The Morgan fingerprint density at radius 1 is 0.543 bits per heavy atom. The molecule has 0 saturated carbocycles. The van der Waals surface area contributed by atoms with E-state index in [0.717, 1.165) is 25.8 Å². The highest BCUT2D eigenvalue weighted by atomic mass is 31.1. The molecule has 1 fully saturated rings. The van der Waals surface area contributed by atoms with Crippen LogP contribution in [0.3, 0.4) is 0 Å². The summed E-state index contributed by atoms with van der Waals surface area (Å²) in [5.41, 5.74) is -1.37. The molecule has 0 radical (unpaired) electrons. The van der Waals surface area contributed by atoms with E-state index in [1.165, 1.54) is 28.5 Å². The summed E-state index contributed by atoms with van der Waals surface area (Å²) < 4.78 is 2.60. The maximum absolute atomic E-state index is 14.6. The molecule has 8 nitrogen and oxygen atoms in total. The van der Waals surface area contributed by atoms with Crippen molar-refractivity contribution in [1.29, 1.82) is 0 Å². The zero-order valence-electron chi connectivity index (χ0n) is 26.0.